The van der Waals surface area contributed by atoms with Crippen LogP contribution in [0.3, 0.4) is 0 Å². The van der Waals surface area contributed by atoms with E-state index in [-0.39, 0.29) is 0 Å². The second kappa shape index (κ2) is 7.33. The van der Waals surface area contributed by atoms with Crippen LogP contribution in [0.1, 0.15) is 24.8 Å². The highest BCUT2D eigenvalue weighted by atomic mass is 35.5. The second-order valence-electron chi connectivity index (χ2n) is 3.91. The Morgan fingerprint density at radius 2 is 2.06 bits per heavy atom. The van der Waals surface area contributed by atoms with E-state index in [0.29, 0.717) is 6.04 Å². The highest BCUT2D eigenvalue weighted by Crippen LogP contribution is 2.13. The fourth-order valence-corrected chi connectivity index (χ4v) is 1.83. The number of unbranched alkanes of at least 4 members (excludes halogenated alkanes) is 1. The lowest BCUT2D eigenvalue weighted by atomic mass is 10.0. The molecule has 0 fully saturated rings. The molecule has 0 aliphatic carbocycles. The van der Waals surface area contributed by atoms with Crippen molar-refractivity contribution < 1.29 is 0 Å². The van der Waals surface area contributed by atoms with Gasteiger partial charge in [-0.05, 0) is 44.0 Å². The zero-order valence-electron chi connectivity index (χ0n) is 9.67. The van der Waals surface area contributed by atoms with Gasteiger partial charge in [-0.3, -0.25) is 0 Å². The standard InChI is InChI=1S/C14H18ClN/c1-3-4-5-6-14(16-2)11-12-7-9-13(15)10-8-12/h1,7-10,14,16H,4-6,11H2,2H3. The average molecular weight is 236 g/mol. The minimum atomic E-state index is 0.495. The van der Waals surface area contributed by atoms with Gasteiger partial charge in [-0.15, -0.1) is 12.3 Å². The summed E-state index contributed by atoms with van der Waals surface area (Å²) in [7, 11) is 2.00. The predicted molar refractivity (Wildman–Crippen MR) is 70.7 cm³/mol. The Balaban J connectivity index is 2.43. The minimum absolute atomic E-state index is 0.495. The van der Waals surface area contributed by atoms with Gasteiger partial charge in [0.05, 0.1) is 0 Å². The molecule has 0 bridgehead atoms. The Morgan fingerprint density at radius 3 is 2.62 bits per heavy atom. The van der Waals surface area contributed by atoms with Crippen molar-refractivity contribution in [3.63, 3.8) is 0 Å². The van der Waals surface area contributed by atoms with Crippen molar-refractivity contribution in [1.29, 1.82) is 0 Å². The second-order valence-corrected chi connectivity index (χ2v) is 4.35. The minimum Gasteiger partial charge on any atom is -0.317 e. The number of halogens is 1. The van der Waals surface area contributed by atoms with E-state index < -0.39 is 0 Å². The third kappa shape index (κ3) is 4.70. The highest BCUT2D eigenvalue weighted by molar-refractivity contribution is 6.30. The van der Waals surface area contributed by atoms with Crippen molar-refractivity contribution in [1.82, 2.24) is 5.32 Å². The molecule has 1 rings (SSSR count). The molecule has 0 heterocycles. The van der Waals surface area contributed by atoms with Crippen LogP contribution in [-0.4, -0.2) is 13.1 Å². The van der Waals surface area contributed by atoms with Crippen molar-refractivity contribution >= 4 is 11.6 Å². The Labute approximate surface area is 103 Å². The number of terminal acetylenes is 1. The molecule has 1 aromatic rings. The van der Waals surface area contributed by atoms with Gasteiger partial charge in [-0.25, -0.2) is 0 Å². The molecule has 1 aromatic carbocycles. The lowest BCUT2D eigenvalue weighted by Gasteiger charge is -2.15. The molecule has 0 amide bonds. The van der Waals surface area contributed by atoms with E-state index in [9.17, 15) is 0 Å². The number of likely N-dealkylation sites (N-methyl/N-ethyl adjacent to an activating group) is 1. The average Bonchev–Trinajstić information content (AvgIpc) is 2.31. The maximum Gasteiger partial charge on any atom is 0.0406 e. The van der Waals surface area contributed by atoms with Crippen LogP contribution in [0.5, 0.6) is 0 Å². The van der Waals surface area contributed by atoms with Gasteiger partial charge in [-0.1, -0.05) is 23.7 Å². The first-order valence-electron chi connectivity index (χ1n) is 5.61. The van der Waals surface area contributed by atoms with E-state index in [2.05, 4.69) is 23.4 Å². The van der Waals surface area contributed by atoms with Crippen molar-refractivity contribution in [3.05, 3.63) is 34.9 Å². The van der Waals surface area contributed by atoms with Crippen LogP contribution in [0.2, 0.25) is 5.02 Å². The number of benzene rings is 1. The van der Waals surface area contributed by atoms with Gasteiger partial charge in [0.15, 0.2) is 0 Å². The van der Waals surface area contributed by atoms with Gasteiger partial charge >= 0.3 is 0 Å². The number of rotatable bonds is 6. The van der Waals surface area contributed by atoms with Crippen LogP contribution < -0.4 is 5.32 Å². The molecule has 0 saturated heterocycles. The molecule has 1 nitrogen and oxygen atoms in total. The third-order valence-electron chi connectivity index (χ3n) is 2.68. The van der Waals surface area contributed by atoms with E-state index in [1.807, 2.05) is 19.2 Å². The fourth-order valence-electron chi connectivity index (χ4n) is 1.70. The van der Waals surface area contributed by atoms with Crippen molar-refractivity contribution in [2.75, 3.05) is 7.05 Å². The first-order chi connectivity index (χ1) is 7.76. The first kappa shape index (κ1) is 13.1. The number of nitrogens with one attached hydrogen (secondary N) is 1. The normalized spacial score (nSPS) is 12.1. The van der Waals surface area contributed by atoms with Gasteiger partial charge in [0.2, 0.25) is 0 Å². The SMILES string of the molecule is C#CCCCC(Cc1ccc(Cl)cc1)NC. The van der Waals surface area contributed by atoms with Gasteiger partial charge in [0, 0.05) is 17.5 Å². The van der Waals surface area contributed by atoms with Crippen LogP contribution in [0.25, 0.3) is 0 Å². The van der Waals surface area contributed by atoms with Gasteiger partial charge < -0.3 is 5.32 Å². The molecule has 0 spiro atoms. The largest absolute Gasteiger partial charge is 0.317 e. The number of hydrogen-bond acceptors (Lipinski definition) is 1. The molecule has 0 aromatic heterocycles. The van der Waals surface area contributed by atoms with Gasteiger partial charge in [0.1, 0.15) is 0 Å². The topological polar surface area (TPSA) is 12.0 Å². The van der Waals surface area contributed by atoms with E-state index >= 15 is 0 Å². The Bertz CT molecular complexity index is 337. The van der Waals surface area contributed by atoms with Crippen LogP contribution >= 0.6 is 11.6 Å². The molecule has 0 aliphatic heterocycles. The lowest BCUT2D eigenvalue weighted by molar-refractivity contribution is 0.506. The van der Waals surface area contributed by atoms with E-state index in [1.54, 1.807) is 0 Å². The Kier molecular flexibility index (Phi) is 6.00. The Morgan fingerprint density at radius 1 is 1.38 bits per heavy atom. The molecule has 0 aliphatic rings. The zero-order chi connectivity index (χ0) is 11.8. The predicted octanol–water partition coefficient (Wildman–Crippen LogP) is 3.27. The number of hydrogen-bond donors (Lipinski definition) is 1. The lowest BCUT2D eigenvalue weighted by Crippen LogP contribution is -2.27. The molecular formula is C14H18ClN. The van der Waals surface area contributed by atoms with Crippen LogP contribution in [0.15, 0.2) is 24.3 Å². The summed E-state index contributed by atoms with van der Waals surface area (Å²) < 4.78 is 0. The summed E-state index contributed by atoms with van der Waals surface area (Å²) in [5.74, 6) is 2.67. The van der Waals surface area contributed by atoms with E-state index in [4.69, 9.17) is 18.0 Å². The van der Waals surface area contributed by atoms with E-state index in [0.717, 1.165) is 30.7 Å². The molecule has 2 heteroatoms. The molecule has 1 N–H and O–H groups in total. The van der Waals surface area contributed by atoms with Crippen molar-refractivity contribution in [2.45, 2.75) is 31.7 Å². The maximum absolute atomic E-state index is 5.85. The fraction of sp³-hybridized carbons (Fsp3) is 0.429. The smallest absolute Gasteiger partial charge is 0.0406 e. The summed E-state index contributed by atoms with van der Waals surface area (Å²) in [5.41, 5.74) is 1.31. The summed E-state index contributed by atoms with van der Waals surface area (Å²) in [6, 6.07) is 8.52. The molecule has 0 saturated carbocycles. The van der Waals surface area contributed by atoms with Gasteiger partial charge in [0.25, 0.3) is 0 Å². The van der Waals surface area contributed by atoms with Gasteiger partial charge in [-0.2, -0.15) is 0 Å². The third-order valence-corrected chi connectivity index (χ3v) is 2.93. The van der Waals surface area contributed by atoms with Crippen LogP contribution in [0, 0.1) is 12.3 Å². The summed E-state index contributed by atoms with van der Waals surface area (Å²) in [4.78, 5) is 0. The summed E-state index contributed by atoms with van der Waals surface area (Å²) in [5, 5.41) is 4.11. The molecular weight excluding hydrogens is 218 g/mol. The molecule has 0 radical (unpaired) electrons. The quantitative estimate of drug-likeness (QED) is 0.590. The zero-order valence-corrected chi connectivity index (χ0v) is 10.4. The van der Waals surface area contributed by atoms with Crippen molar-refractivity contribution in [2.24, 2.45) is 0 Å². The van der Waals surface area contributed by atoms with Crippen LogP contribution in [-0.2, 0) is 6.42 Å². The molecule has 1 unspecified atom stereocenters. The maximum atomic E-state index is 5.85. The summed E-state index contributed by atoms with van der Waals surface area (Å²) in [6.07, 6.45) is 9.32. The van der Waals surface area contributed by atoms with Crippen LogP contribution in [0.4, 0.5) is 0 Å². The summed E-state index contributed by atoms with van der Waals surface area (Å²) >= 11 is 5.85. The Hall–Kier alpha value is -0.970. The highest BCUT2D eigenvalue weighted by Gasteiger charge is 2.06. The first-order valence-corrected chi connectivity index (χ1v) is 5.99. The summed E-state index contributed by atoms with van der Waals surface area (Å²) in [6.45, 7) is 0. The molecule has 16 heavy (non-hydrogen) atoms. The molecule has 86 valence electrons. The molecule has 1 atom stereocenters. The van der Waals surface area contributed by atoms with E-state index in [1.165, 1.54) is 5.56 Å². The monoisotopic (exact) mass is 235 g/mol. The van der Waals surface area contributed by atoms with Crippen molar-refractivity contribution in [3.8, 4) is 12.3 Å².